The summed E-state index contributed by atoms with van der Waals surface area (Å²) < 4.78 is 0. The maximum Gasteiger partial charge on any atom is 0.224 e. The molecule has 3 aromatic carbocycles. The third-order valence-electron chi connectivity index (χ3n) is 5.55. The number of carbonyl (C=O) groups is 1. The van der Waals surface area contributed by atoms with Gasteiger partial charge in [0.2, 0.25) is 5.91 Å². The Kier molecular flexibility index (Phi) is 7.23. The molecule has 4 rings (SSSR count). The van der Waals surface area contributed by atoms with E-state index in [1.807, 2.05) is 66.7 Å². The molecule has 4 aromatic rings. The molecule has 1 N–H and O–H groups in total. The number of amides is 1. The Morgan fingerprint density at radius 2 is 1.31 bits per heavy atom. The van der Waals surface area contributed by atoms with Crippen LogP contribution in [0.3, 0.4) is 0 Å². The maximum absolute atomic E-state index is 12.4. The summed E-state index contributed by atoms with van der Waals surface area (Å²) in [5, 5.41) is 3.02. The van der Waals surface area contributed by atoms with Gasteiger partial charge in [-0.3, -0.25) is 4.79 Å². The van der Waals surface area contributed by atoms with Crippen LogP contribution in [0.2, 0.25) is 0 Å². The summed E-state index contributed by atoms with van der Waals surface area (Å²) in [6.45, 7) is 2.20. The summed E-state index contributed by atoms with van der Waals surface area (Å²) in [6, 6.07) is 26.0. The number of anilines is 1. The molecule has 0 aliphatic carbocycles. The molecule has 1 aromatic heterocycles. The first-order valence-corrected chi connectivity index (χ1v) is 11.5. The number of fused-ring (bicyclic) bond motifs is 1. The molecule has 162 valence electrons. The number of hydrogen-bond donors (Lipinski definition) is 1. The van der Waals surface area contributed by atoms with Crippen LogP contribution in [0.25, 0.3) is 33.5 Å². The highest BCUT2D eigenvalue weighted by atomic mass is 16.1. The molecule has 0 saturated heterocycles. The molecule has 0 saturated carbocycles. The third kappa shape index (κ3) is 5.38. The van der Waals surface area contributed by atoms with E-state index in [9.17, 15) is 4.79 Å². The molecule has 32 heavy (non-hydrogen) atoms. The van der Waals surface area contributed by atoms with E-state index in [0.717, 1.165) is 52.1 Å². The molecule has 0 atom stereocenters. The van der Waals surface area contributed by atoms with Crippen molar-refractivity contribution in [3.63, 3.8) is 0 Å². The van der Waals surface area contributed by atoms with Crippen molar-refractivity contribution in [3.8, 4) is 22.5 Å². The fraction of sp³-hybridized carbons (Fsp3) is 0.250. The predicted octanol–water partition coefficient (Wildman–Crippen LogP) is 7.26. The van der Waals surface area contributed by atoms with Gasteiger partial charge >= 0.3 is 0 Å². The molecular formula is C28H29N3O. The molecule has 0 aliphatic heterocycles. The van der Waals surface area contributed by atoms with Gasteiger partial charge in [0.1, 0.15) is 0 Å². The number of unbranched alkanes of at least 4 members (excludes halogenated alkanes) is 4. The zero-order valence-electron chi connectivity index (χ0n) is 18.6. The molecule has 0 unspecified atom stereocenters. The van der Waals surface area contributed by atoms with Crippen molar-refractivity contribution in [1.29, 1.82) is 0 Å². The van der Waals surface area contributed by atoms with Gasteiger partial charge in [0.05, 0.1) is 22.4 Å². The van der Waals surface area contributed by atoms with Crippen LogP contribution in [0.4, 0.5) is 5.69 Å². The van der Waals surface area contributed by atoms with Gasteiger partial charge in [-0.05, 0) is 24.6 Å². The van der Waals surface area contributed by atoms with Gasteiger partial charge in [-0.2, -0.15) is 0 Å². The van der Waals surface area contributed by atoms with Crippen LogP contribution in [-0.2, 0) is 4.79 Å². The van der Waals surface area contributed by atoms with Gasteiger partial charge in [0, 0.05) is 23.2 Å². The van der Waals surface area contributed by atoms with Crippen molar-refractivity contribution in [2.75, 3.05) is 5.32 Å². The van der Waals surface area contributed by atoms with E-state index < -0.39 is 0 Å². The van der Waals surface area contributed by atoms with E-state index in [4.69, 9.17) is 9.97 Å². The highest BCUT2D eigenvalue weighted by molar-refractivity contribution is 5.94. The Morgan fingerprint density at radius 1 is 0.719 bits per heavy atom. The van der Waals surface area contributed by atoms with E-state index in [1.54, 1.807) is 0 Å². The van der Waals surface area contributed by atoms with Crippen molar-refractivity contribution in [1.82, 2.24) is 9.97 Å². The lowest BCUT2D eigenvalue weighted by Crippen LogP contribution is -2.11. The smallest absolute Gasteiger partial charge is 0.224 e. The number of carbonyl (C=O) groups excluding carboxylic acids is 1. The first-order chi connectivity index (χ1) is 15.7. The van der Waals surface area contributed by atoms with Crippen molar-refractivity contribution in [3.05, 3.63) is 78.9 Å². The predicted molar refractivity (Wildman–Crippen MR) is 132 cm³/mol. The molecule has 0 spiro atoms. The normalized spacial score (nSPS) is 10.9. The Balaban J connectivity index is 1.61. The maximum atomic E-state index is 12.4. The number of nitrogens with one attached hydrogen (secondary N) is 1. The van der Waals surface area contributed by atoms with E-state index in [2.05, 4.69) is 24.4 Å². The molecule has 4 heteroatoms. The molecule has 0 fully saturated rings. The Labute approximate surface area is 189 Å². The Morgan fingerprint density at radius 3 is 1.94 bits per heavy atom. The summed E-state index contributed by atoms with van der Waals surface area (Å²) in [4.78, 5) is 22.3. The molecule has 4 nitrogen and oxygen atoms in total. The van der Waals surface area contributed by atoms with Crippen LogP contribution in [0, 0.1) is 0 Å². The van der Waals surface area contributed by atoms with Crippen LogP contribution >= 0.6 is 0 Å². The fourth-order valence-corrected chi connectivity index (χ4v) is 3.84. The third-order valence-corrected chi connectivity index (χ3v) is 5.55. The van der Waals surface area contributed by atoms with E-state index >= 15 is 0 Å². The standard InChI is InChI=1S/C28H29N3O/c1-2-3-4-5-12-17-26(32)29-23-18-19-24-25(20-23)31-28(22-15-10-7-11-16-22)27(30-24)21-13-8-6-9-14-21/h6-11,13-16,18-20H,2-5,12,17H2,1H3,(H,29,32). The number of hydrogen-bond acceptors (Lipinski definition) is 3. The summed E-state index contributed by atoms with van der Waals surface area (Å²) in [5.41, 5.74) is 6.07. The summed E-state index contributed by atoms with van der Waals surface area (Å²) >= 11 is 0. The number of rotatable bonds is 9. The van der Waals surface area contributed by atoms with Crippen LogP contribution in [0.5, 0.6) is 0 Å². The molecular weight excluding hydrogens is 394 g/mol. The minimum Gasteiger partial charge on any atom is -0.326 e. The van der Waals surface area contributed by atoms with Gasteiger partial charge < -0.3 is 5.32 Å². The zero-order chi connectivity index (χ0) is 22.2. The highest BCUT2D eigenvalue weighted by Gasteiger charge is 2.13. The lowest BCUT2D eigenvalue weighted by molar-refractivity contribution is -0.116. The lowest BCUT2D eigenvalue weighted by atomic mass is 10.0. The average molecular weight is 424 g/mol. The van der Waals surface area contributed by atoms with Gasteiger partial charge in [-0.15, -0.1) is 0 Å². The quantitative estimate of drug-likeness (QED) is 0.288. The molecule has 0 aliphatic rings. The fourth-order valence-electron chi connectivity index (χ4n) is 3.84. The largest absolute Gasteiger partial charge is 0.326 e. The second-order valence-electron chi connectivity index (χ2n) is 8.07. The topological polar surface area (TPSA) is 54.9 Å². The summed E-state index contributed by atoms with van der Waals surface area (Å²) in [7, 11) is 0. The molecule has 1 heterocycles. The zero-order valence-corrected chi connectivity index (χ0v) is 18.6. The minimum absolute atomic E-state index is 0.0537. The molecule has 1 amide bonds. The van der Waals surface area contributed by atoms with Crippen molar-refractivity contribution >= 4 is 22.6 Å². The van der Waals surface area contributed by atoms with Crippen LogP contribution in [-0.4, -0.2) is 15.9 Å². The van der Waals surface area contributed by atoms with E-state index in [1.165, 1.54) is 19.3 Å². The second-order valence-corrected chi connectivity index (χ2v) is 8.07. The second kappa shape index (κ2) is 10.7. The van der Waals surface area contributed by atoms with Crippen LogP contribution < -0.4 is 5.32 Å². The lowest BCUT2D eigenvalue weighted by Gasteiger charge is -2.12. The number of aromatic nitrogens is 2. The van der Waals surface area contributed by atoms with E-state index in [-0.39, 0.29) is 5.91 Å². The molecule has 0 bridgehead atoms. The summed E-state index contributed by atoms with van der Waals surface area (Å²) in [6.07, 6.45) is 6.23. The van der Waals surface area contributed by atoms with Gasteiger partial charge in [-0.25, -0.2) is 9.97 Å². The van der Waals surface area contributed by atoms with Crippen LogP contribution in [0.15, 0.2) is 78.9 Å². The monoisotopic (exact) mass is 423 g/mol. The van der Waals surface area contributed by atoms with E-state index in [0.29, 0.717) is 6.42 Å². The van der Waals surface area contributed by atoms with Crippen molar-refractivity contribution < 1.29 is 4.79 Å². The highest BCUT2D eigenvalue weighted by Crippen LogP contribution is 2.31. The van der Waals surface area contributed by atoms with Gasteiger partial charge in [0.15, 0.2) is 0 Å². The van der Waals surface area contributed by atoms with Gasteiger partial charge in [-0.1, -0.05) is 93.3 Å². The minimum atomic E-state index is 0.0537. The SMILES string of the molecule is CCCCCCCC(=O)Nc1ccc2nc(-c3ccccc3)c(-c3ccccc3)nc2c1. The Hall–Kier alpha value is -3.53. The first-order valence-electron chi connectivity index (χ1n) is 11.5. The van der Waals surface area contributed by atoms with Crippen LogP contribution in [0.1, 0.15) is 45.4 Å². The molecule has 0 radical (unpaired) electrons. The average Bonchev–Trinajstić information content (AvgIpc) is 2.84. The first kappa shape index (κ1) is 21.7. The Bertz CT molecular complexity index is 1170. The number of benzene rings is 3. The van der Waals surface area contributed by atoms with Crippen molar-refractivity contribution in [2.24, 2.45) is 0 Å². The van der Waals surface area contributed by atoms with Crippen molar-refractivity contribution in [2.45, 2.75) is 45.4 Å². The van der Waals surface area contributed by atoms with Gasteiger partial charge in [0.25, 0.3) is 0 Å². The summed E-state index contributed by atoms with van der Waals surface area (Å²) in [5.74, 6) is 0.0537. The number of nitrogens with zero attached hydrogens (tertiary/aromatic N) is 2.